The van der Waals surface area contributed by atoms with E-state index in [0.29, 0.717) is 17.2 Å². The first-order chi connectivity index (χ1) is 13.0. The lowest BCUT2D eigenvalue weighted by Gasteiger charge is -2.27. The number of anilines is 3. The highest BCUT2D eigenvalue weighted by Gasteiger charge is 2.14. The van der Waals surface area contributed by atoms with Gasteiger partial charge in [-0.25, -0.2) is 4.68 Å². The minimum Gasteiger partial charge on any atom is -0.354 e. The van der Waals surface area contributed by atoms with Crippen LogP contribution in [0.15, 0.2) is 41.2 Å². The van der Waals surface area contributed by atoms with E-state index in [1.165, 1.54) is 17.7 Å². The van der Waals surface area contributed by atoms with Crippen molar-refractivity contribution in [1.82, 2.24) is 9.78 Å². The third kappa shape index (κ3) is 5.33. The van der Waals surface area contributed by atoms with E-state index < -0.39 is 0 Å². The third-order valence-corrected chi connectivity index (χ3v) is 4.89. The maximum absolute atomic E-state index is 12.3. The Balaban J connectivity index is 1.68. The van der Waals surface area contributed by atoms with Gasteiger partial charge in [-0.05, 0) is 24.3 Å². The van der Waals surface area contributed by atoms with E-state index >= 15 is 0 Å². The monoisotopic (exact) mass is 387 g/mol. The summed E-state index contributed by atoms with van der Waals surface area (Å²) in [6, 6.07) is 9.95. The molecule has 9 heteroatoms. The topological polar surface area (TPSA) is 96.3 Å². The van der Waals surface area contributed by atoms with Crippen molar-refractivity contribution in [3.8, 4) is 0 Å². The van der Waals surface area contributed by atoms with Crippen LogP contribution >= 0.6 is 11.8 Å². The molecular formula is C18H21N5O3S. The molecule has 0 spiro atoms. The van der Waals surface area contributed by atoms with Crippen molar-refractivity contribution in [2.24, 2.45) is 0 Å². The van der Waals surface area contributed by atoms with Crippen LogP contribution in [-0.2, 0) is 16.1 Å². The molecule has 1 fully saturated rings. The molecule has 0 bridgehead atoms. The number of carbonyl (C=O) groups is 2. The summed E-state index contributed by atoms with van der Waals surface area (Å²) in [6.07, 6.45) is 0. The maximum Gasteiger partial charge on any atom is 0.267 e. The Bertz CT molecular complexity index is 893. The zero-order valence-electron chi connectivity index (χ0n) is 15.0. The molecule has 0 saturated carbocycles. The van der Waals surface area contributed by atoms with Gasteiger partial charge in [-0.15, -0.1) is 0 Å². The summed E-state index contributed by atoms with van der Waals surface area (Å²) in [5.74, 6) is 2.19. The predicted octanol–water partition coefficient (Wildman–Crippen LogP) is 1.39. The smallest absolute Gasteiger partial charge is 0.267 e. The van der Waals surface area contributed by atoms with Gasteiger partial charge in [-0.2, -0.15) is 16.9 Å². The number of nitrogens with zero attached hydrogens (tertiary/aromatic N) is 3. The van der Waals surface area contributed by atoms with E-state index in [2.05, 4.69) is 20.6 Å². The Kier molecular flexibility index (Phi) is 6.12. The highest BCUT2D eigenvalue weighted by molar-refractivity contribution is 7.99. The summed E-state index contributed by atoms with van der Waals surface area (Å²) in [5.41, 5.74) is 0.788. The first-order valence-electron chi connectivity index (χ1n) is 8.59. The van der Waals surface area contributed by atoms with Gasteiger partial charge in [-0.1, -0.05) is 6.07 Å². The molecule has 142 valence electrons. The molecule has 2 heterocycles. The van der Waals surface area contributed by atoms with Crippen molar-refractivity contribution < 1.29 is 9.59 Å². The number of benzene rings is 1. The lowest BCUT2D eigenvalue weighted by atomic mass is 10.2. The van der Waals surface area contributed by atoms with Crippen LogP contribution in [0.5, 0.6) is 0 Å². The van der Waals surface area contributed by atoms with Gasteiger partial charge in [-0.3, -0.25) is 14.4 Å². The van der Waals surface area contributed by atoms with Gasteiger partial charge in [0.15, 0.2) is 0 Å². The number of carbonyl (C=O) groups excluding carboxylic acids is 2. The van der Waals surface area contributed by atoms with Gasteiger partial charge in [0.25, 0.3) is 5.56 Å². The molecule has 1 aliphatic heterocycles. The third-order valence-electron chi connectivity index (χ3n) is 3.95. The Morgan fingerprint density at radius 3 is 2.52 bits per heavy atom. The minimum absolute atomic E-state index is 0.181. The second-order valence-corrected chi connectivity index (χ2v) is 7.32. The zero-order chi connectivity index (χ0) is 19.2. The molecule has 27 heavy (non-hydrogen) atoms. The maximum atomic E-state index is 12.3. The van der Waals surface area contributed by atoms with E-state index in [-0.39, 0.29) is 23.9 Å². The first kappa shape index (κ1) is 19.0. The van der Waals surface area contributed by atoms with Crippen LogP contribution in [0.25, 0.3) is 0 Å². The fourth-order valence-corrected chi connectivity index (χ4v) is 3.63. The highest BCUT2D eigenvalue weighted by atomic mass is 32.2. The summed E-state index contributed by atoms with van der Waals surface area (Å²) in [5, 5.41) is 9.72. The molecule has 2 N–H and O–H groups in total. The van der Waals surface area contributed by atoms with Crippen LogP contribution < -0.4 is 21.1 Å². The first-order valence-corrected chi connectivity index (χ1v) is 9.75. The zero-order valence-corrected chi connectivity index (χ0v) is 15.8. The van der Waals surface area contributed by atoms with E-state index in [1.807, 2.05) is 11.8 Å². The molecule has 1 aliphatic rings. The molecule has 1 saturated heterocycles. The number of thioether (sulfide) groups is 1. The molecule has 1 aromatic carbocycles. The average Bonchev–Trinajstić information content (AvgIpc) is 2.64. The Labute approximate surface area is 160 Å². The van der Waals surface area contributed by atoms with Crippen LogP contribution in [-0.4, -0.2) is 46.2 Å². The van der Waals surface area contributed by atoms with Gasteiger partial charge in [0.2, 0.25) is 11.8 Å². The number of hydrogen-bond acceptors (Lipinski definition) is 6. The SMILES string of the molecule is CC(=O)Nc1cccc(NC(=O)Cn2nc(N3CCSCC3)ccc2=O)c1. The molecule has 0 unspecified atom stereocenters. The molecule has 3 rings (SSSR count). The molecular weight excluding hydrogens is 366 g/mol. The molecule has 0 radical (unpaired) electrons. The van der Waals surface area contributed by atoms with Crippen molar-refractivity contribution in [3.63, 3.8) is 0 Å². The fraction of sp³-hybridized carbons (Fsp3) is 0.333. The summed E-state index contributed by atoms with van der Waals surface area (Å²) < 4.78 is 1.17. The van der Waals surface area contributed by atoms with E-state index in [9.17, 15) is 14.4 Å². The van der Waals surface area contributed by atoms with Gasteiger partial charge in [0, 0.05) is 49.0 Å². The molecule has 2 amide bonds. The van der Waals surface area contributed by atoms with Gasteiger partial charge >= 0.3 is 0 Å². The summed E-state index contributed by atoms with van der Waals surface area (Å²) in [6.45, 7) is 2.98. The largest absolute Gasteiger partial charge is 0.354 e. The standard InChI is InChI=1S/C18H21N5O3S/c1-13(24)19-14-3-2-4-15(11-14)20-17(25)12-23-18(26)6-5-16(21-23)22-7-9-27-10-8-22/h2-6,11H,7-10,12H2,1H3,(H,19,24)(H,20,25). The normalized spacial score (nSPS) is 13.9. The van der Waals surface area contributed by atoms with Gasteiger partial charge < -0.3 is 15.5 Å². The van der Waals surface area contributed by atoms with Crippen molar-refractivity contribution >= 4 is 40.8 Å². The van der Waals surface area contributed by atoms with Crippen molar-refractivity contribution in [2.75, 3.05) is 40.1 Å². The van der Waals surface area contributed by atoms with Crippen molar-refractivity contribution in [3.05, 3.63) is 46.8 Å². The molecule has 1 aromatic heterocycles. The average molecular weight is 387 g/mol. The molecule has 0 aliphatic carbocycles. The number of aromatic nitrogens is 2. The van der Waals surface area contributed by atoms with Crippen LogP contribution in [0.3, 0.4) is 0 Å². The quantitative estimate of drug-likeness (QED) is 0.805. The number of hydrogen-bond donors (Lipinski definition) is 2. The second-order valence-electron chi connectivity index (χ2n) is 6.10. The lowest BCUT2D eigenvalue weighted by molar-refractivity contribution is -0.117. The summed E-state index contributed by atoms with van der Waals surface area (Å²) in [7, 11) is 0. The van der Waals surface area contributed by atoms with Crippen LogP contribution in [0, 0.1) is 0 Å². The van der Waals surface area contributed by atoms with E-state index in [0.717, 1.165) is 24.6 Å². The van der Waals surface area contributed by atoms with Crippen LogP contribution in [0.2, 0.25) is 0 Å². The minimum atomic E-state index is -0.365. The Hall–Kier alpha value is -2.81. The Morgan fingerprint density at radius 1 is 1.11 bits per heavy atom. The van der Waals surface area contributed by atoms with Crippen molar-refractivity contribution in [2.45, 2.75) is 13.5 Å². The highest BCUT2D eigenvalue weighted by Crippen LogP contribution is 2.16. The fourth-order valence-electron chi connectivity index (χ4n) is 2.73. The number of nitrogens with one attached hydrogen (secondary N) is 2. The summed E-state index contributed by atoms with van der Waals surface area (Å²) in [4.78, 5) is 37.7. The molecule has 2 aromatic rings. The van der Waals surface area contributed by atoms with Crippen LogP contribution in [0.4, 0.5) is 17.2 Å². The van der Waals surface area contributed by atoms with E-state index in [4.69, 9.17) is 0 Å². The number of amides is 2. The van der Waals surface area contributed by atoms with Gasteiger partial charge in [0.05, 0.1) is 0 Å². The van der Waals surface area contributed by atoms with Crippen molar-refractivity contribution in [1.29, 1.82) is 0 Å². The number of rotatable bonds is 5. The lowest BCUT2D eigenvalue weighted by Crippen LogP contribution is -2.36. The van der Waals surface area contributed by atoms with Crippen LogP contribution in [0.1, 0.15) is 6.92 Å². The summed E-state index contributed by atoms with van der Waals surface area (Å²) >= 11 is 1.89. The van der Waals surface area contributed by atoms with Gasteiger partial charge in [0.1, 0.15) is 12.4 Å². The Morgan fingerprint density at radius 2 is 1.81 bits per heavy atom. The predicted molar refractivity (Wildman–Crippen MR) is 107 cm³/mol. The molecule has 8 nitrogen and oxygen atoms in total. The molecule has 0 atom stereocenters. The second kappa shape index (κ2) is 8.72. The van der Waals surface area contributed by atoms with E-state index in [1.54, 1.807) is 30.3 Å².